The van der Waals surface area contributed by atoms with Gasteiger partial charge in [0.25, 0.3) is 0 Å². The maximum Gasteiger partial charge on any atom is 0.0988 e. The zero-order chi connectivity index (χ0) is 9.56. The van der Waals surface area contributed by atoms with Gasteiger partial charge in [0.15, 0.2) is 0 Å². The van der Waals surface area contributed by atoms with E-state index in [1.165, 1.54) is 0 Å². The molecule has 0 atom stereocenters. The molecule has 2 nitrogen and oxygen atoms in total. The van der Waals surface area contributed by atoms with Crippen LogP contribution < -0.4 is 5.73 Å². The van der Waals surface area contributed by atoms with Gasteiger partial charge in [-0.3, -0.25) is 0 Å². The van der Waals surface area contributed by atoms with E-state index in [1.54, 1.807) is 12.2 Å². The molecule has 0 unspecified atom stereocenters. The summed E-state index contributed by atoms with van der Waals surface area (Å²) in [4.78, 5) is 0. The van der Waals surface area contributed by atoms with Crippen LogP contribution >= 0.6 is 0 Å². The van der Waals surface area contributed by atoms with Gasteiger partial charge in [-0.05, 0) is 25.0 Å². The van der Waals surface area contributed by atoms with E-state index in [9.17, 15) is 0 Å². The molecule has 0 saturated heterocycles. The van der Waals surface area contributed by atoms with Crippen LogP contribution in [0.15, 0.2) is 35.6 Å². The van der Waals surface area contributed by atoms with E-state index in [1.807, 2.05) is 13.8 Å². The summed E-state index contributed by atoms with van der Waals surface area (Å²) < 4.78 is 0. The number of rotatable bonds is 3. The monoisotopic (exact) mass is 162 g/mol. The Bertz CT molecular complexity index is 264. The van der Waals surface area contributed by atoms with Gasteiger partial charge >= 0.3 is 0 Å². The van der Waals surface area contributed by atoms with Gasteiger partial charge in [-0.25, -0.2) is 0 Å². The molecule has 0 aromatic carbocycles. The molecule has 0 saturated carbocycles. The average Bonchev–Trinajstić information content (AvgIpc) is 2.06. The standard InChI is InChI=1S/C10H14N2/c1-4-9(7-11)6-10(5-2)8(3)12/h4,6H,3,5,12H2,1-2H3/b9-4+,10-6-. The largest absolute Gasteiger partial charge is 0.399 e. The lowest BCUT2D eigenvalue weighted by Gasteiger charge is -2.01. The van der Waals surface area contributed by atoms with Crippen molar-refractivity contribution < 1.29 is 0 Å². The predicted octanol–water partition coefficient (Wildman–Crippen LogP) is 2.27. The smallest absolute Gasteiger partial charge is 0.0988 e. The van der Waals surface area contributed by atoms with Gasteiger partial charge in [0.05, 0.1) is 6.07 Å². The molecule has 0 radical (unpaired) electrons. The normalized spacial score (nSPS) is 12.4. The molecular weight excluding hydrogens is 148 g/mol. The Morgan fingerprint density at radius 2 is 2.25 bits per heavy atom. The van der Waals surface area contributed by atoms with Gasteiger partial charge in [0.2, 0.25) is 0 Å². The zero-order valence-electron chi connectivity index (χ0n) is 7.59. The lowest BCUT2D eigenvalue weighted by molar-refractivity contribution is 1.09. The maximum atomic E-state index is 8.62. The highest BCUT2D eigenvalue weighted by molar-refractivity contribution is 5.40. The molecule has 0 bridgehead atoms. The highest BCUT2D eigenvalue weighted by Crippen LogP contribution is 2.10. The fourth-order valence-electron chi connectivity index (χ4n) is 0.790. The van der Waals surface area contributed by atoms with E-state index in [0.29, 0.717) is 11.3 Å². The van der Waals surface area contributed by atoms with Crippen LogP contribution in [0.1, 0.15) is 20.3 Å². The van der Waals surface area contributed by atoms with Crippen molar-refractivity contribution in [3.63, 3.8) is 0 Å². The second kappa shape index (κ2) is 5.20. The number of hydrogen-bond donors (Lipinski definition) is 1. The number of hydrogen-bond acceptors (Lipinski definition) is 2. The quantitative estimate of drug-likeness (QED) is 0.511. The molecule has 64 valence electrons. The second-order valence-electron chi connectivity index (χ2n) is 2.40. The lowest BCUT2D eigenvalue weighted by atomic mass is 10.1. The molecule has 0 spiro atoms. The van der Waals surface area contributed by atoms with Gasteiger partial charge < -0.3 is 5.73 Å². The number of allylic oxidation sites excluding steroid dienone is 4. The Morgan fingerprint density at radius 3 is 2.50 bits per heavy atom. The molecule has 0 heterocycles. The zero-order valence-corrected chi connectivity index (χ0v) is 7.59. The fourth-order valence-corrected chi connectivity index (χ4v) is 0.790. The third-order valence-electron chi connectivity index (χ3n) is 1.56. The summed E-state index contributed by atoms with van der Waals surface area (Å²) in [6.45, 7) is 7.42. The van der Waals surface area contributed by atoms with E-state index in [-0.39, 0.29) is 0 Å². The Kier molecular flexibility index (Phi) is 4.55. The van der Waals surface area contributed by atoms with Crippen molar-refractivity contribution in [2.45, 2.75) is 20.3 Å². The molecule has 0 amide bonds. The summed E-state index contributed by atoms with van der Waals surface area (Å²) in [5.41, 5.74) is 7.58. The highest BCUT2D eigenvalue weighted by Gasteiger charge is 1.96. The minimum atomic E-state index is 0.534. The molecule has 0 rings (SSSR count). The van der Waals surface area contributed by atoms with Crippen LogP contribution in [0.5, 0.6) is 0 Å². The minimum absolute atomic E-state index is 0.534. The fraction of sp³-hybridized carbons (Fsp3) is 0.300. The third-order valence-corrected chi connectivity index (χ3v) is 1.56. The molecule has 0 fully saturated rings. The summed E-state index contributed by atoms with van der Waals surface area (Å²) >= 11 is 0. The molecule has 2 heteroatoms. The summed E-state index contributed by atoms with van der Waals surface area (Å²) in [7, 11) is 0. The van der Waals surface area contributed by atoms with Gasteiger partial charge in [-0.1, -0.05) is 19.6 Å². The SMILES string of the molecule is C=C(N)/C(=C\C(C#N)=C/C)CC. The van der Waals surface area contributed by atoms with E-state index in [2.05, 4.69) is 12.6 Å². The molecular formula is C10H14N2. The van der Waals surface area contributed by atoms with E-state index in [4.69, 9.17) is 11.0 Å². The molecule has 2 N–H and O–H groups in total. The van der Waals surface area contributed by atoms with Crippen molar-refractivity contribution in [3.8, 4) is 6.07 Å². The Morgan fingerprint density at radius 1 is 1.67 bits per heavy atom. The van der Waals surface area contributed by atoms with Crippen molar-refractivity contribution >= 4 is 0 Å². The van der Waals surface area contributed by atoms with Gasteiger partial charge in [-0.2, -0.15) is 5.26 Å². The first kappa shape index (κ1) is 10.5. The maximum absolute atomic E-state index is 8.62. The molecule has 0 aliphatic carbocycles. The van der Waals surface area contributed by atoms with Crippen molar-refractivity contribution in [1.82, 2.24) is 0 Å². The highest BCUT2D eigenvalue weighted by atomic mass is 14.6. The van der Waals surface area contributed by atoms with Gasteiger partial charge in [0, 0.05) is 11.3 Å². The summed E-state index contributed by atoms with van der Waals surface area (Å²) in [5.74, 6) is 0. The summed E-state index contributed by atoms with van der Waals surface area (Å²) in [5, 5.41) is 8.62. The second-order valence-corrected chi connectivity index (χ2v) is 2.40. The molecule has 0 aliphatic rings. The van der Waals surface area contributed by atoms with Crippen LogP contribution in [-0.2, 0) is 0 Å². The van der Waals surface area contributed by atoms with Crippen molar-refractivity contribution in [3.05, 3.63) is 35.6 Å². The summed E-state index contributed by atoms with van der Waals surface area (Å²) in [6.07, 6.45) is 4.31. The number of nitriles is 1. The molecule has 12 heavy (non-hydrogen) atoms. The van der Waals surface area contributed by atoms with Crippen LogP contribution in [-0.4, -0.2) is 0 Å². The Balaban J connectivity index is 4.73. The Labute approximate surface area is 73.7 Å². The third kappa shape index (κ3) is 3.07. The number of nitrogens with two attached hydrogens (primary N) is 1. The van der Waals surface area contributed by atoms with Gasteiger partial charge in [-0.15, -0.1) is 0 Å². The predicted molar refractivity (Wildman–Crippen MR) is 51.1 cm³/mol. The van der Waals surface area contributed by atoms with Crippen molar-refractivity contribution in [1.29, 1.82) is 5.26 Å². The topological polar surface area (TPSA) is 49.8 Å². The number of nitrogens with zero attached hydrogens (tertiary/aromatic N) is 1. The molecule has 0 aromatic heterocycles. The van der Waals surface area contributed by atoms with Crippen LogP contribution in [0.4, 0.5) is 0 Å². The first-order chi connectivity index (χ1) is 5.65. The van der Waals surface area contributed by atoms with Crippen LogP contribution in [0, 0.1) is 11.3 Å². The Hall–Kier alpha value is -1.49. The van der Waals surface area contributed by atoms with Crippen LogP contribution in [0.3, 0.4) is 0 Å². The first-order valence-corrected chi connectivity index (χ1v) is 3.87. The summed E-state index contributed by atoms with van der Waals surface area (Å²) in [6, 6.07) is 2.06. The molecule has 0 aliphatic heterocycles. The average molecular weight is 162 g/mol. The van der Waals surface area contributed by atoms with Gasteiger partial charge in [0.1, 0.15) is 0 Å². The lowest BCUT2D eigenvalue weighted by Crippen LogP contribution is -1.98. The van der Waals surface area contributed by atoms with E-state index >= 15 is 0 Å². The minimum Gasteiger partial charge on any atom is -0.399 e. The molecule has 0 aromatic rings. The van der Waals surface area contributed by atoms with Crippen LogP contribution in [0.2, 0.25) is 0 Å². The first-order valence-electron chi connectivity index (χ1n) is 3.87. The van der Waals surface area contributed by atoms with Crippen molar-refractivity contribution in [2.75, 3.05) is 0 Å². The van der Waals surface area contributed by atoms with Crippen molar-refractivity contribution in [2.24, 2.45) is 5.73 Å². The van der Waals surface area contributed by atoms with E-state index in [0.717, 1.165) is 12.0 Å². The van der Waals surface area contributed by atoms with E-state index < -0.39 is 0 Å². The van der Waals surface area contributed by atoms with Crippen LogP contribution in [0.25, 0.3) is 0 Å².